The van der Waals surface area contributed by atoms with Crippen LogP contribution >= 0.6 is 0 Å². The van der Waals surface area contributed by atoms with Crippen molar-refractivity contribution < 1.29 is 73.1 Å². The summed E-state index contributed by atoms with van der Waals surface area (Å²) >= 11 is 0. The molecule has 17 N–H and O–H groups in total. The molecule has 8 amide bonds. The number of hydrogen-bond donors (Lipinski definition) is 12. The summed E-state index contributed by atoms with van der Waals surface area (Å²) in [5, 5.41) is 18.7. The van der Waals surface area contributed by atoms with Crippen molar-refractivity contribution >= 4 is 57.3 Å². The second-order valence-electron chi connectivity index (χ2n) is 23.3. The lowest BCUT2D eigenvalue weighted by atomic mass is 10.00. The Balaban J connectivity index is 1.93. The quantitative estimate of drug-likeness (QED) is 0.0288. The third-order valence-electron chi connectivity index (χ3n) is 14.4. The summed E-state index contributed by atoms with van der Waals surface area (Å²) in [4.78, 5) is 110. The van der Waals surface area contributed by atoms with Crippen LogP contribution in [-0.2, 0) is 73.6 Å². The van der Waals surface area contributed by atoms with E-state index in [4.69, 9.17) is 28.7 Å². The van der Waals surface area contributed by atoms with Crippen molar-refractivity contribution in [3.63, 3.8) is 0 Å². The number of carbonyl (C=O) groups excluding carboxylic acids is 8. The van der Waals surface area contributed by atoms with Crippen LogP contribution in [0.2, 0.25) is 0 Å². The van der Waals surface area contributed by atoms with Crippen molar-refractivity contribution in [2.45, 2.75) is 184 Å². The van der Waals surface area contributed by atoms with Crippen LogP contribution in [0.15, 0.2) is 83.8 Å². The van der Waals surface area contributed by atoms with Gasteiger partial charge in [0.25, 0.3) is 0 Å². The van der Waals surface area contributed by atoms with E-state index in [2.05, 4.69) is 37.2 Å². The lowest BCUT2D eigenvalue weighted by molar-refractivity contribution is -0.143. The number of hydrogen-bond acceptors (Lipinski definition) is 14. The lowest BCUT2D eigenvalue weighted by Gasteiger charge is -2.30. The minimum Gasteiger partial charge on any atom is -0.369 e. The summed E-state index contributed by atoms with van der Waals surface area (Å²) in [6, 6.07) is 6.44. The highest BCUT2D eigenvalue weighted by molar-refractivity contribution is 7.89. The number of benzene rings is 3. The second kappa shape index (κ2) is 37.9. The van der Waals surface area contributed by atoms with Gasteiger partial charge >= 0.3 is 12.4 Å². The monoisotopic (exact) mass is 1310 g/mol. The van der Waals surface area contributed by atoms with Crippen molar-refractivity contribution in [1.82, 2.24) is 41.5 Å². The fourth-order valence-corrected chi connectivity index (χ4v) is 11.2. The van der Waals surface area contributed by atoms with Crippen molar-refractivity contribution in [2.75, 3.05) is 32.7 Å². The average Bonchev–Trinajstić information content (AvgIpc) is 0.785. The number of alkyl halides is 6. The molecule has 0 aliphatic carbocycles. The zero-order valence-electron chi connectivity index (χ0n) is 52.1. The molecule has 0 aliphatic heterocycles. The van der Waals surface area contributed by atoms with Crippen molar-refractivity contribution in [1.29, 1.82) is 0 Å². The molecular weight excluding hydrogens is 1220 g/mol. The molecule has 23 nitrogen and oxygen atoms in total. The van der Waals surface area contributed by atoms with E-state index in [0.717, 1.165) is 5.56 Å². The van der Waals surface area contributed by atoms with Crippen LogP contribution in [0.1, 0.15) is 128 Å². The van der Waals surface area contributed by atoms with Gasteiger partial charge < -0.3 is 65.9 Å². The van der Waals surface area contributed by atoms with Gasteiger partial charge in [-0.3, -0.25) is 38.4 Å². The minimum absolute atomic E-state index is 0.0117. The number of sulfonamides is 1. The van der Waals surface area contributed by atoms with E-state index >= 15 is 0 Å². The Hall–Kier alpha value is -7.25. The molecule has 8 atom stereocenters. The zero-order chi connectivity index (χ0) is 68.2. The average molecular weight is 1310 g/mol. The molecule has 3 aromatic rings. The van der Waals surface area contributed by atoms with Gasteiger partial charge in [-0.25, -0.2) is 8.42 Å². The van der Waals surface area contributed by atoms with E-state index in [9.17, 15) is 73.1 Å². The molecule has 3 aromatic carbocycles. The van der Waals surface area contributed by atoms with Crippen LogP contribution in [0.25, 0.3) is 0 Å². The van der Waals surface area contributed by atoms with E-state index < -0.39 is 147 Å². The second-order valence-corrected chi connectivity index (χ2v) is 25.3. The Labute approximate surface area is 528 Å². The van der Waals surface area contributed by atoms with E-state index in [-0.39, 0.29) is 112 Å². The number of nitrogens with zero attached hydrogens (tertiary/aromatic N) is 1. The van der Waals surface area contributed by atoms with Crippen LogP contribution in [-0.4, -0.2) is 141 Å². The summed E-state index contributed by atoms with van der Waals surface area (Å²) in [5.41, 5.74) is 26.3. The van der Waals surface area contributed by atoms with Gasteiger partial charge in [0.05, 0.1) is 28.6 Å². The molecule has 0 fully saturated rings. The predicted molar refractivity (Wildman–Crippen MR) is 329 cm³/mol. The molecule has 0 saturated heterocycles. The molecule has 3 rings (SSSR count). The Kier molecular flexibility index (Phi) is 32.5. The predicted octanol–water partition coefficient (Wildman–Crippen LogP) is 2.91. The first-order valence-corrected chi connectivity index (χ1v) is 31.8. The Bertz CT molecular complexity index is 2920. The van der Waals surface area contributed by atoms with Crippen LogP contribution < -0.4 is 65.9 Å². The van der Waals surface area contributed by atoms with Crippen LogP contribution in [0.4, 0.5) is 26.3 Å². The van der Waals surface area contributed by atoms with Gasteiger partial charge in [0, 0.05) is 12.6 Å². The van der Waals surface area contributed by atoms with Gasteiger partial charge in [-0.05, 0) is 151 Å². The van der Waals surface area contributed by atoms with Crippen molar-refractivity contribution in [2.24, 2.45) is 40.5 Å². The topological polar surface area (TPSA) is 388 Å². The van der Waals surface area contributed by atoms with Gasteiger partial charge in [0.2, 0.25) is 57.3 Å². The lowest BCUT2D eigenvalue weighted by Crippen LogP contribution is -2.60. The molecule has 30 heteroatoms. The molecular formula is C61H91F6N13O10S. The highest BCUT2D eigenvalue weighted by Gasteiger charge is 2.41. The number of nitrogens with one attached hydrogen (secondary N) is 7. The summed E-state index contributed by atoms with van der Waals surface area (Å²) in [7, 11) is -5.47. The molecule has 0 unspecified atom stereocenters. The van der Waals surface area contributed by atoms with Crippen LogP contribution in [0.3, 0.4) is 0 Å². The normalized spacial score (nSPS) is 14.7. The van der Waals surface area contributed by atoms with Crippen LogP contribution in [0, 0.1) is 11.8 Å². The maximum Gasteiger partial charge on any atom is 0.416 e. The molecule has 0 aliphatic rings. The Morgan fingerprint density at radius 1 is 0.484 bits per heavy atom. The first-order chi connectivity index (χ1) is 42.7. The number of amides is 8. The number of unbranched alkanes of at least 4 members (excludes halogenated alkanes) is 3. The van der Waals surface area contributed by atoms with Crippen molar-refractivity contribution in [3.05, 3.63) is 101 Å². The molecule has 0 saturated carbocycles. The van der Waals surface area contributed by atoms with E-state index in [0.29, 0.717) is 31.2 Å². The summed E-state index contributed by atoms with van der Waals surface area (Å²) in [6.45, 7) is 6.96. The molecule has 0 radical (unpaired) electrons. The summed E-state index contributed by atoms with van der Waals surface area (Å²) in [5.74, 6) is -7.23. The maximum atomic E-state index is 14.6. The van der Waals surface area contributed by atoms with Crippen molar-refractivity contribution in [3.8, 4) is 0 Å². The number of halogens is 6. The number of carbonyl (C=O) groups is 8. The Morgan fingerprint density at radius 2 is 0.846 bits per heavy atom. The van der Waals surface area contributed by atoms with Gasteiger partial charge in [-0.1, -0.05) is 88.4 Å². The zero-order valence-corrected chi connectivity index (χ0v) is 52.9. The number of primary amides is 1. The third-order valence-corrected chi connectivity index (χ3v) is 16.2. The van der Waals surface area contributed by atoms with Gasteiger partial charge in [0.15, 0.2) is 0 Å². The fraction of sp³-hybridized carbons (Fsp3) is 0.574. The molecule has 0 aromatic heterocycles. The van der Waals surface area contributed by atoms with Gasteiger partial charge in [-0.2, -0.15) is 30.6 Å². The molecule has 91 heavy (non-hydrogen) atoms. The standard InChI is InChI=1S/C61H91F6N13O10S/c1-37(2)28-50(78-53(82)39(5)73-55(84)47(22-12-15-25-68)76-59(88)51(29-38(3)4)79-54(83)46(71)31-41-20-10-7-11-21-41)58(87)77-49(24-14-17-27-70)57(86)75-48(23-13-16-26-69)56(85)74-44(30-40-18-8-6-9-19-40)35-80(36-52(72)81)91(89,90)45-33-42(60(62,63)64)32-43(34-45)61(65,66)67/h6-11,18-21,32-34,37-39,44,46-51H,12-17,22-31,35-36,68-71H2,1-5H3,(H2,72,81)(H,73,84)(H,74,85)(H,75,86)(H,76,88)(H,77,87)(H,78,82)(H,79,83)/t39-,44-,46-,47-,48-,49-,50-,51-/m0/s1. The van der Waals surface area contributed by atoms with Crippen LogP contribution in [0.5, 0.6) is 0 Å². The molecule has 0 heterocycles. The largest absolute Gasteiger partial charge is 0.416 e. The molecule has 0 spiro atoms. The van der Waals surface area contributed by atoms with E-state index in [1.807, 2.05) is 32.0 Å². The summed E-state index contributed by atoms with van der Waals surface area (Å²) < 4.78 is 112. The minimum atomic E-state index is -5.47. The number of rotatable bonds is 40. The number of nitrogens with two attached hydrogens (primary N) is 5. The first kappa shape index (κ1) is 78.0. The maximum absolute atomic E-state index is 14.6. The SMILES string of the molecule is CC(C)C[C@H](NC(=O)[C@H](C)NC(=O)[C@H](CCCCN)NC(=O)[C@H](CC(C)C)NC(=O)[C@@H](N)Cc1ccccc1)C(=O)N[C@@H](CCCCN)C(=O)N[C@@H](CCCCN)C(=O)N[C@@H](Cc1ccccc1)CN(CC(N)=O)S(=O)(=O)c1cc(C(F)(F)F)cc(C(F)(F)F)c1. The Morgan fingerprint density at radius 3 is 1.23 bits per heavy atom. The van der Waals surface area contributed by atoms with E-state index in [1.165, 1.54) is 6.92 Å². The fourth-order valence-electron chi connectivity index (χ4n) is 9.68. The highest BCUT2D eigenvalue weighted by Crippen LogP contribution is 2.38. The molecule has 0 bridgehead atoms. The van der Waals surface area contributed by atoms with Gasteiger partial charge in [-0.15, -0.1) is 0 Å². The summed E-state index contributed by atoms with van der Waals surface area (Å²) in [6.07, 6.45) is -8.78. The smallest absolute Gasteiger partial charge is 0.369 e. The molecule has 508 valence electrons. The van der Waals surface area contributed by atoms with Gasteiger partial charge in [0.1, 0.15) is 36.3 Å². The first-order valence-electron chi connectivity index (χ1n) is 30.3. The highest BCUT2D eigenvalue weighted by atomic mass is 32.2. The third kappa shape index (κ3) is 27.6. The van der Waals surface area contributed by atoms with E-state index in [1.54, 1.807) is 56.3 Å².